The van der Waals surface area contributed by atoms with Crippen LogP contribution in [0.1, 0.15) is 44.9 Å². The van der Waals surface area contributed by atoms with Gasteiger partial charge in [0.15, 0.2) is 0 Å². The minimum atomic E-state index is -2.86. The molecular weight excluding hydrogens is 238 g/mol. The fraction of sp³-hybridized carbons (Fsp3) is 1.00. The van der Waals surface area contributed by atoms with Gasteiger partial charge in [-0.15, -0.1) is 0 Å². The molecule has 0 atom stereocenters. The van der Waals surface area contributed by atoms with Gasteiger partial charge in [0.1, 0.15) is 9.84 Å². The zero-order valence-electron chi connectivity index (χ0n) is 10.8. The molecule has 1 aliphatic carbocycles. The number of hydrogen-bond donors (Lipinski definition) is 1. The van der Waals surface area contributed by atoms with Gasteiger partial charge in [0.05, 0.1) is 12.4 Å². The third-order valence-electron chi connectivity index (χ3n) is 3.29. The van der Waals surface area contributed by atoms with Crippen molar-refractivity contribution < 1.29 is 13.2 Å². The van der Waals surface area contributed by atoms with E-state index < -0.39 is 9.84 Å². The molecule has 0 aromatic carbocycles. The van der Waals surface area contributed by atoms with Crippen LogP contribution in [0.4, 0.5) is 0 Å². The average Bonchev–Trinajstić information content (AvgIpc) is 2.41. The number of rotatable bonds is 6. The van der Waals surface area contributed by atoms with Gasteiger partial charge in [0, 0.05) is 18.4 Å². The summed E-state index contributed by atoms with van der Waals surface area (Å²) in [7, 11) is -2.86. The standard InChI is InChI=1S/C12H25NO3S/c1-17(14,15)10-6-9-16-11-12(13)7-4-2-3-5-8-12/h2-11,13H2,1H3. The van der Waals surface area contributed by atoms with E-state index in [-0.39, 0.29) is 11.3 Å². The van der Waals surface area contributed by atoms with Gasteiger partial charge in [-0.1, -0.05) is 25.7 Å². The molecule has 0 saturated heterocycles. The largest absolute Gasteiger partial charge is 0.380 e. The Balaban J connectivity index is 2.16. The molecule has 0 amide bonds. The highest BCUT2D eigenvalue weighted by molar-refractivity contribution is 7.90. The van der Waals surface area contributed by atoms with Gasteiger partial charge in [-0.25, -0.2) is 8.42 Å². The molecule has 102 valence electrons. The van der Waals surface area contributed by atoms with E-state index in [4.69, 9.17) is 10.5 Å². The molecule has 4 nitrogen and oxygen atoms in total. The van der Waals surface area contributed by atoms with Crippen molar-refractivity contribution in [3.63, 3.8) is 0 Å². The first kappa shape index (κ1) is 14.9. The van der Waals surface area contributed by atoms with E-state index in [0.717, 1.165) is 12.8 Å². The summed E-state index contributed by atoms with van der Waals surface area (Å²) in [6.07, 6.45) is 8.78. The second kappa shape index (κ2) is 6.71. The van der Waals surface area contributed by atoms with Crippen molar-refractivity contribution in [2.24, 2.45) is 5.73 Å². The van der Waals surface area contributed by atoms with Crippen molar-refractivity contribution in [2.45, 2.75) is 50.5 Å². The molecule has 0 bridgehead atoms. The Morgan fingerprint density at radius 3 is 2.29 bits per heavy atom. The van der Waals surface area contributed by atoms with E-state index in [2.05, 4.69) is 0 Å². The molecule has 2 N–H and O–H groups in total. The van der Waals surface area contributed by atoms with Crippen molar-refractivity contribution in [3.05, 3.63) is 0 Å². The Hall–Kier alpha value is -0.130. The fourth-order valence-corrected chi connectivity index (χ4v) is 2.92. The van der Waals surface area contributed by atoms with Crippen LogP contribution in [0.25, 0.3) is 0 Å². The first-order valence-corrected chi connectivity index (χ1v) is 8.52. The monoisotopic (exact) mass is 263 g/mol. The number of sulfone groups is 1. The van der Waals surface area contributed by atoms with Gasteiger partial charge in [0.25, 0.3) is 0 Å². The van der Waals surface area contributed by atoms with Gasteiger partial charge in [-0.05, 0) is 19.3 Å². The first-order valence-electron chi connectivity index (χ1n) is 6.46. The summed E-state index contributed by atoms with van der Waals surface area (Å²) in [5.41, 5.74) is 6.10. The molecule has 17 heavy (non-hydrogen) atoms. The van der Waals surface area contributed by atoms with Gasteiger partial charge < -0.3 is 10.5 Å². The van der Waals surface area contributed by atoms with Gasteiger partial charge in [0.2, 0.25) is 0 Å². The van der Waals surface area contributed by atoms with Crippen LogP contribution in [-0.2, 0) is 14.6 Å². The SMILES string of the molecule is CS(=O)(=O)CCCOCC1(N)CCCCCC1. The van der Waals surface area contributed by atoms with Crippen LogP contribution in [0.2, 0.25) is 0 Å². The average molecular weight is 263 g/mol. The summed E-state index contributed by atoms with van der Waals surface area (Å²) in [5, 5.41) is 0. The summed E-state index contributed by atoms with van der Waals surface area (Å²) in [5.74, 6) is 0.199. The minimum absolute atomic E-state index is 0.179. The van der Waals surface area contributed by atoms with E-state index in [0.29, 0.717) is 19.6 Å². The third-order valence-corrected chi connectivity index (χ3v) is 4.32. The van der Waals surface area contributed by atoms with Crippen LogP contribution in [-0.4, -0.2) is 39.2 Å². The van der Waals surface area contributed by atoms with Crippen molar-refractivity contribution in [1.29, 1.82) is 0 Å². The smallest absolute Gasteiger partial charge is 0.147 e. The Bertz CT molecular complexity index is 306. The van der Waals surface area contributed by atoms with Gasteiger partial charge >= 0.3 is 0 Å². The Labute approximate surface area is 105 Å². The maximum Gasteiger partial charge on any atom is 0.147 e. The zero-order valence-corrected chi connectivity index (χ0v) is 11.6. The molecular formula is C12H25NO3S. The number of hydrogen-bond acceptors (Lipinski definition) is 4. The second-order valence-corrected chi connectivity index (χ2v) is 7.57. The van der Waals surface area contributed by atoms with Crippen molar-refractivity contribution in [1.82, 2.24) is 0 Å². The predicted octanol–water partition coefficient (Wildman–Crippen LogP) is 1.49. The highest BCUT2D eigenvalue weighted by Gasteiger charge is 2.26. The first-order chi connectivity index (χ1) is 7.91. The van der Waals surface area contributed by atoms with Crippen LogP contribution in [0.15, 0.2) is 0 Å². The van der Waals surface area contributed by atoms with E-state index >= 15 is 0 Å². The molecule has 5 heteroatoms. The molecule has 1 aliphatic rings. The lowest BCUT2D eigenvalue weighted by atomic mass is 9.93. The quantitative estimate of drug-likeness (QED) is 0.582. The molecule has 1 fully saturated rings. The molecule has 1 saturated carbocycles. The maximum atomic E-state index is 10.9. The summed E-state index contributed by atoms with van der Waals surface area (Å²) in [6, 6.07) is 0. The summed E-state index contributed by atoms with van der Waals surface area (Å²) in [6.45, 7) is 1.06. The number of ether oxygens (including phenoxy) is 1. The van der Waals surface area contributed by atoms with E-state index in [1.54, 1.807) is 0 Å². The molecule has 1 rings (SSSR count). The highest BCUT2D eigenvalue weighted by atomic mass is 32.2. The second-order valence-electron chi connectivity index (χ2n) is 5.31. The summed E-state index contributed by atoms with van der Waals surface area (Å²) >= 11 is 0. The van der Waals surface area contributed by atoms with Crippen molar-refractivity contribution in [2.75, 3.05) is 25.2 Å². The van der Waals surface area contributed by atoms with Crippen LogP contribution in [0.3, 0.4) is 0 Å². The van der Waals surface area contributed by atoms with Crippen molar-refractivity contribution >= 4 is 9.84 Å². The number of nitrogens with two attached hydrogens (primary N) is 1. The zero-order chi connectivity index (χ0) is 12.8. The Morgan fingerprint density at radius 2 is 1.76 bits per heavy atom. The minimum Gasteiger partial charge on any atom is -0.380 e. The maximum absolute atomic E-state index is 10.9. The van der Waals surface area contributed by atoms with Crippen LogP contribution >= 0.6 is 0 Å². The lowest BCUT2D eigenvalue weighted by Crippen LogP contribution is -2.44. The van der Waals surface area contributed by atoms with E-state index in [9.17, 15) is 8.42 Å². The normalized spacial score (nSPS) is 21.1. The van der Waals surface area contributed by atoms with Crippen molar-refractivity contribution in [3.8, 4) is 0 Å². The van der Waals surface area contributed by atoms with Gasteiger partial charge in [-0.2, -0.15) is 0 Å². The van der Waals surface area contributed by atoms with Crippen LogP contribution in [0.5, 0.6) is 0 Å². The summed E-state index contributed by atoms with van der Waals surface area (Å²) < 4.78 is 27.4. The molecule has 0 spiro atoms. The van der Waals surface area contributed by atoms with Crippen LogP contribution < -0.4 is 5.73 Å². The lowest BCUT2D eigenvalue weighted by molar-refractivity contribution is 0.0786. The van der Waals surface area contributed by atoms with Crippen LogP contribution in [0, 0.1) is 0 Å². The lowest BCUT2D eigenvalue weighted by Gasteiger charge is -2.27. The molecule has 0 aromatic rings. The molecule has 0 aliphatic heterocycles. The molecule has 0 heterocycles. The predicted molar refractivity (Wildman–Crippen MR) is 69.8 cm³/mol. The third kappa shape index (κ3) is 7.01. The Morgan fingerprint density at radius 1 is 1.18 bits per heavy atom. The molecule has 0 unspecified atom stereocenters. The fourth-order valence-electron chi connectivity index (χ4n) is 2.28. The topological polar surface area (TPSA) is 69.4 Å². The summed E-state index contributed by atoms with van der Waals surface area (Å²) in [4.78, 5) is 0. The van der Waals surface area contributed by atoms with E-state index in [1.807, 2.05) is 0 Å². The Kier molecular flexibility index (Phi) is 5.89. The molecule has 0 aromatic heterocycles. The molecule has 0 radical (unpaired) electrons. The highest BCUT2D eigenvalue weighted by Crippen LogP contribution is 2.25. The van der Waals surface area contributed by atoms with Gasteiger partial charge in [-0.3, -0.25) is 0 Å². The van der Waals surface area contributed by atoms with E-state index in [1.165, 1.54) is 31.9 Å².